The fourth-order valence-corrected chi connectivity index (χ4v) is 6.65. The van der Waals surface area contributed by atoms with E-state index in [-0.39, 0.29) is 18.8 Å². The van der Waals surface area contributed by atoms with Crippen molar-refractivity contribution in [3.8, 4) is 0 Å². The number of nitrogens with zero attached hydrogens (tertiary/aromatic N) is 1. The molecule has 2 aliphatic heterocycles. The molecule has 18 heteroatoms. The standard InChI is InChI=1S/C11H21NO5S.C6H13NO3S.C6H15NO3S.C6H14O/c1-6-11(5)7-8-16-18(14,15)12(11)9(13)17-10(2,3)4;1-3-6(2)4-5-10-11(8,9)7-6;1-3-6(2)4-5-10-11(7,8)9;1-3-6(2)4-5-7/h6-8H2,1-5H3;7H,3-5H2,1-2H3;6H,3-5H2,1-2H3,(H2,7,8,9);6-7H,3-5H2,1-2H3. The molecular formula is C29H63N3O12S3. The second-order valence-corrected chi connectivity index (χ2v) is 17.3. The third-order valence-electron chi connectivity index (χ3n) is 7.83. The second kappa shape index (κ2) is 21.2. The number of nitrogens with one attached hydrogen (secondary N) is 1. The van der Waals surface area contributed by atoms with E-state index in [1.165, 1.54) is 6.42 Å². The van der Waals surface area contributed by atoms with Gasteiger partial charge in [-0.25, -0.2) is 9.93 Å². The summed E-state index contributed by atoms with van der Waals surface area (Å²) in [7, 11) is -11.2. The third-order valence-corrected chi connectivity index (χ3v) is 11.0. The minimum absolute atomic E-state index is 0.0893. The molecule has 4 atom stereocenters. The molecule has 2 fully saturated rings. The largest absolute Gasteiger partial charge is 0.443 e. The lowest BCUT2D eigenvalue weighted by Gasteiger charge is -2.42. The Balaban J connectivity index is 0. The van der Waals surface area contributed by atoms with Gasteiger partial charge in [0.15, 0.2) is 0 Å². The van der Waals surface area contributed by atoms with Gasteiger partial charge in [-0.05, 0) is 85.0 Å². The highest BCUT2D eigenvalue weighted by molar-refractivity contribution is 7.85. The number of nitrogens with two attached hydrogens (primary N) is 1. The average Bonchev–Trinajstić information content (AvgIpc) is 2.91. The minimum Gasteiger partial charge on any atom is -0.443 e. The summed E-state index contributed by atoms with van der Waals surface area (Å²) in [4.78, 5) is 12.0. The number of ether oxygens (including phenoxy) is 1. The molecule has 47 heavy (non-hydrogen) atoms. The molecular weight excluding hydrogens is 679 g/mol. The Morgan fingerprint density at radius 2 is 1.47 bits per heavy atom. The zero-order valence-electron chi connectivity index (χ0n) is 30.3. The van der Waals surface area contributed by atoms with Crippen LogP contribution in [0, 0.1) is 11.8 Å². The van der Waals surface area contributed by atoms with Crippen molar-refractivity contribution >= 4 is 37.0 Å². The van der Waals surface area contributed by atoms with Crippen LogP contribution in [0.5, 0.6) is 0 Å². The molecule has 284 valence electrons. The molecule has 0 spiro atoms. The molecule has 0 aliphatic carbocycles. The molecule has 2 heterocycles. The Labute approximate surface area is 285 Å². The smallest absolute Gasteiger partial charge is 0.426 e. The maximum Gasteiger partial charge on any atom is 0.426 e. The number of carbonyl (C=O) groups excluding carboxylic acids is 1. The van der Waals surface area contributed by atoms with Crippen LogP contribution >= 0.6 is 0 Å². The zero-order chi connectivity index (χ0) is 37.3. The Hall–Kier alpha value is -1.12. The summed E-state index contributed by atoms with van der Waals surface area (Å²) in [5.74, 6) is 1.18. The first kappa shape index (κ1) is 48.0. The minimum atomic E-state index is -4.06. The van der Waals surface area contributed by atoms with Gasteiger partial charge in [0.25, 0.3) is 0 Å². The van der Waals surface area contributed by atoms with Crippen molar-refractivity contribution in [2.24, 2.45) is 17.0 Å². The average molecular weight is 742 g/mol. The van der Waals surface area contributed by atoms with E-state index in [4.69, 9.17) is 14.0 Å². The van der Waals surface area contributed by atoms with E-state index in [9.17, 15) is 30.0 Å². The predicted octanol–water partition coefficient (Wildman–Crippen LogP) is 4.52. The molecule has 0 saturated carbocycles. The Morgan fingerprint density at radius 1 is 0.957 bits per heavy atom. The highest BCUT2D eigenvalue weighted by atomic mass is 32.2. The summed E-state index contributed by atoms with van der Waals surface area (Å²) in [6.07, 6.45) is 5.50. The van der Waals surface area contributed by atoms with E-state index in [0.717, 1.165) is 36.4 Å². The quantitative estimate of drug-likeness (QED) is 0.282. The van der Waals surface area contributed by atoms with Crippen LogP contribution in [0.15, 0.2) is 0 Å². The summed E-state index contributed by atoms with van der Waals surface area (Å²) >= 11 is 0. The van der Waals surface area contributed by atoms with E-state index in [1.54, 1.807) is 27.7 Å². The molecule has 0 aromatic heterocycles. The maximum atomic E-state index is 12.0. The number of aliphatic hydroxyl groups excluding tert-OH is 1. The van der Waals surface area contributed by atoms with Gasteiger partial charge in [-0.15, -0.1) is 0 Å². The van der Waals surface area contributed by atoms with Crippen molar-refractivity contribution in [3.63, 3.8) is 0 Å². The lowest BCUT2D eigenvalue weighted by Crippen LogP contribution is -2.57. The lowest BCUT2D eigenvalue weighted by atomic mass is 9.95. The SMILES string of the molecule is CCC(C)CCO.CCC(C)CCOS(N)(=O)=O.CCC1(C)CCOS(=O)(=O)N1.CCC1(C)CCOS(=O)(=O)N1C(=O)OC(C)(C)C. The number of amides is 1. The monoisotopic (exact) mass is 741 g/mol. The van der Waals surface area contributed by atoms with Crippen LogP contribution in [0.1, 0.15) is 128 Å². The number of carbonyl (C=O) groups is 1. The van der Waals surface area contributed by atoms with Crippen LogP contribution in [0.3, 0.4) is 0 Å². The summed E-state index contributed by atoms with van der Waals surface area (Å²) in [6.45, 7) is 21.7. The molecule has 2 saturated heterocycles. The molecule has 4 unspecified atom stereocenters. The van der Waals surface area contributed by atoms with E-state index < -0.39 is 48.1 Å². The van der Waals surface area contributed by atoms with Gasteiger partial charge in [0.05, 0.1) is 25.4 Å². The van der Waals surface area contributed by atoms with Gasteiger partial charge in [0.2, 0.25) is 0 Å². The number of hydrogen-bond acceptors (Lipinski definition) is 12. The van der Waals surface area contributed by atoms with Crippen LogP contribution in [0.2, 0.25) is 0 Å². The number of rotatable bonds is 10. The number of aliphatic hydroxyl groups is 1. The lowest BCUT2D eigenvalue weighted by molar-refractivity contribution is 0.00967. The van der Waals surface area contributed by atoms with Gasteiger partial charge in [-0.3, -0.25) is 12.5 Å². The highest BCUT2D eigenvalue weighted by Crippen LogP contribution is 2.33. The first-order valence-corrected chi connectivity index (χ1v) is 20.4. The summed E-state index contributed by atoms with van der Waals surface area (Å²) in [5, 5.41) is 13.0. The second-order valence-electron chi connectivity index (χ2n) is 13.3. The van der Waals surface area contributed by atoms with Gasteiger partial charge in [0.1, 0.15) is 5.60 Å². The van der Waals surface area contributed by atoms with Gasteiger partial charge in [-0.2, -0.15) is 34.3 Å². The van der Waals surface area contributed by atoms with Crippen molar-refractivity contribution < 1.29 is 52.4 Å². The Morgan fingerprint density at radius 3 is 1.83 bits per heavy atom. The van der Waals surface area contributed by atoms with Crippen molar-refractivity contribution in [2.75, 3.05) is 26.4 Å². The molecule has 4 N–H and O–H groups in total. The first-order valence-electron chi connectivity index (χ1n) is 16.1. The molecule has 0 aromatic carbocycles. The van der Waals surface area contributed by atoms with Crippen LogP contribution < -0.4 is 9.86 Å². The topological polar surface area (TPSA) is 218 Å². The fraction of sp³-hybridized carbons (Fsp3) is 0.966. The van der Waals surface area contributed by atoms with Crippen molar-refractivity contribution in [1.29, 1.82) is 0 Å². The maximum absolute atomic E-state index is 12.0. The molecule has 0 radical (unpaired) electrons. The Kier molecular flexibility index (Phi) is 21.6. The van der Waals surface area contributed by atoms with Crippen LogP contribution in [-0.4, -0.2) is 83.9 Å². The molecule has 0 bridgehead atoms. The third kappa shape index (κ3) is 21.6. The first-order chi connectivity index (χ1) is 21.3. The summed E-state index contributed by atoms with van der Waals surface area (Å²) < 4.78 is 88.0. The van der Waals surface area contributed by atoms with E-state index in [1.807, 2.05) is 34.6 Å². The van der Waals surface area contributed by atoms with Crippen LogP contribution in [0.25, 0.3) is 0 Å². The summed E-state index contributed by atoms with van der Waals surface area (Å²) in [6, 6.07) is 0. The van der Waals surface area contributed by atoms with E-state index in [0.29, 0.717) is 37.9 Å². The molecule has 2 rings (SSSR count). The number of hydrogen-bond donors (Lipinski definition) is 3. The normalized spacial score (nSPS) is 24.9. The molecule has 0 aromatic rings. The van der Waals surface area contributed by atoms with Crippen LogP contribution in [0.4, 0.5) is 4.79 Å². The van der Waals surface area contributed by atoms with Gasteiger partial charge in [0, 0.05) is 12.1 Å². The predicted molar refractivity (Wildman–Crippen MR) is 182 cm³/mol. The molecule has 15 nitrogen and oxygen atoms in total. The van der Waals surface area contributed by atoms with Gasteiger partial charge >= 0.3 is 37.0 Å². The van der Waals surface area contributed by atoms with Crippen molar-refractivity contribution in [1.82, 2.24) is 9.03 Å². The van der Waals surface area contributed by atoms with Crippen LogP contribution in [-0.2, 0) is 48.2 Å². The molecule has 1 amide bonds. The summed E-state index contributed by atoms with van der Waals surface area (Å²) in [5.41, 5.74) is -1.85. The fourth-order valence-electron chi connectivity index (χ4n) is 3.73. The van der Waals surface area contributed by atoms with E-state index in [2.05, 4.69) is 32.1 Å². The van der Waals surface area contributed by atoms with Crippen molar-refractivity contribution in [2.45, 2.75) is 144 Å². The highest BCUT2D eigenvalue weighted by Gasteiger charge is 2.48. The zero-order valence-corrected chi connectivity index (χ0v) is 32.8. The van der Waals surface area contributed by atoms with Gasteiger partial charge < -0.3 is 9.84 Å². The Bertz CT molecular complexity index is 1220. The molecule has 2 aliphatic rings. The van der Waals surface area contributed by atoms with E-state index >= 15 is 0 Å². The van der Waals surface area contributed by atoms with Gasteiger partial charge in [-0.1, -0.05) is 54.4 Å². The van der Waals surface area contributed by atoms with Crippen molar-refractivity contribution in [3.05, 3.63) is 0 Å².